The normalized spacial score (nSPS) is 14.8. The molecule has 124 valence electrons. The van der Waals surface area contributed by atoms with Crippen molar-refractivity contribution in [1.82, 2.24) is 0 Å². The lowest BCUT2D eigenvalue weighted by atomic mass is 10.2. The fourth-order valence-electron chi connectivity index (χ4n) is 2.25. The summed E-state index contributed by atoms with van der Waals surface area (Å²) in [6.07, 6.45) is 0. The molecule has 1 aliphatic rings. The van der Waals surface area contributed by atoms with Gasteiger partial charge in [0.15, 0.2) is 0 Å². The van der Waals surface area contributed by atoms with Gasteiger partial charge in [0.25, 0.3) is 15.9 Å². The van der Waals surface area contributed by atoms with Crippen LogP contribution in [0, 0.1) is 0 Å². The molecule has 2 aromatic carbocycles. The molecule has 1 amide bonds. The third-order valence-corrected chi connectivity index (χ3v) is 4.61. The number of rotatable bonds is 4. The van der Waals surface area contributed by atoms with Crippen LogP contribution >= 0.6 is 0 Å². The molecule has 0 aromatic heterocycles. The van der Waals surface area contributed by atoms with E-state index < -0.39 is 15.9 Å². The Morgan fingerprint density at radius 3 is 2.67 bits per heavy atom. The number of carbonyl (C=O) groups is 1. The molecule has 8 heteroatoms. The molecule has 0 fully saturated rings. The van der Waals surface area contributed by atoms with E-state index in [1.807, 2.05) is 6.92 Å². The molecule has 0 radical (unpaired) electrons. The van der Waals surface area contributed by atoms with E-state index in [4.69, 9.17) is 4.74 Å². The second-order valence-corrected chi connectivity index (χ2v) is 6.49. The predicted molar refractivity (Wildman–Crippen MR) is 90.9 cm³/mol. The number of benzene rings is 2. The molecule has 0 saturated heterocycles. The minimum absolute atomic E-state index is 0.0382. The number of fused-ring (bicyclic) bond motifs is 1. The molecule has 0 saturated carbocycles. The minimum Gasteiger partial charge on any atom is -0.492 e. The molecule has 2 aromatic rings. The van der Waals surface area contributed by atoms with E-state index in [-0.39, 0.29) is 10.7 Å². The summed E-state index contributed by atoms with van der Waals surface area (Å²) in [7, 11) is -3.92. The topological polar surface area (TPSA) is 96.9 Å². The van der Waals surface area contributed by atoms with Crippen LogP contribution < -0.4 is 15.4 Å². The van der Waals surface area contributed by atoms with Crippen molar-refractivity contribution >= 4 is 33.1 Å². The van der Waals surface area contributed by atoms with Gasteiger partial charge in [0.05, 0.1) is 18.0 Å². The van der Waals surface area contributed by atoms with Gasteiger partial charge in [-0.2, -0.15) is 8.42 Å². The lowest BCUT2D eigenvalue weighted by molar-refractivity contribution is -0.110. The van der Waals surface area contributed by atoms with Crippen molar-refractivity contribution < 1.29 is 17.9 Å². The zero-order valence-corrected chi connectivity index (χ0v) is 13.6. The van der Waals surface area contributed by atoms with E-state index in [0.29, 0.717) is 23.7 Å². The molecule has 0 bridgehead atoms. The Balaban J connectivity index is 1.89. The van der Waals surface area contributed by atoms with E-state index in [1.54, 1.807) is 42.5 Å². The maximum absolute atomic E-state index is 12.4. The summed E-state index contributed by atoms with van der Waals surface area (Å²) in [4.78, 5) is 12.4. The zero-order valence-electron chi connectivity index (χ0n) is 12.8. The second-order valence-electron chi connectivity index (χ2n) is 4.92. The largest absolute Gasteiger partial charge is 0.492 e. The summed E-state index contributed by atoms with van der Waals surface area (Å²) < 4.78 is 33.3. The van der Waals surface area contributed by atoms with Crippen molar-refractivity contribution in [3.8, 4) is 5.75 Å². The van der Waals surface area contributed by atoms with Crippen LogP contribution in [0.1, 0.15) is 6.92 Å². The van der Waals surface area contributed by atoms with Crippen LogP contribution in [0.3, 0.4) is 0 Å². The number of amides is 1. The number of sulfonamides is 1. The van der Waals surface area contributed by atoms with Crippen molar-refractivity contribution in [3.05, 3.63) is 48.5 Å². The molecule has 0 unspecified atom stereocenters. The van der Waals surface area contributed by atoms with Crippen molar-refractivity contribution in [2.45, 2.75) is 11.8 Å². The van der Waals surface area contributed by atoms with Crippen LogP contribution in [0.2, 0.25) is 0 Å². The number of ether oxygens (including phenoxy) is 1. The third kappa shape index (κ3) is 3.09. The summed E-state index contributed by atoms with van der Waals surface area (Å²) in [6, 6.07) is 13.2. The van der Waals surface area contributed by atoms with Crippen molar-refractivity contribution in [2.24, 2.45) is 4.40 Å². The van der Waals surface area contributed by atoms with Crippen LogP contribution in [0.25, 0.3) is 0 Å². The summed E-state index contributed by atoms with van der Waals surface area (Å²) in [6.45, 7) is 2.27. The summed E-state index contributed by atoms with van der Waals surface area (Å²) in [5.41, 5.74) is 0.751. The Bertz CT molecular complexity index is 922. The van der Waals surface area contributed by atoms with Gasteiger partial charge < -0.3 is 15.4 Å². The Morgan fingerprint density at radius 2 is 1.88 bits per heavy atom. The Labute approximate surface area is 139 Å². The highest BCUT2D eigenvalue weighted by Crippen LogP contribution is 2.28. The smallest absolute Gasteiger partial charge is 0.292 e. The van der Waals surface area contributed by atoms with Crippen molar-refractivity contribution in [1.29, 1.82) is 0 Å². The van der Waals surface area contributed by atoms with Gasteiger partial charge in [0, 0.05) is 0 Å². The van der Waals surface area contributed by atoms with Gasteiger partial charge in [0.2, 0.25) is 5.84 Å². The van der Waals surface area contributed by atoms with E-state index in [1.165, 1.54) is 6.07 Å². The zero-order chi connectivity index (χ0) is 17.2. The first kappa shape index (κ1) is 16.0. The molecular weight excluding hydrogens is 330 g/mol. The van der Waals surface area contributed by atoms with Crippen LogP contribution in [0.5, 0.6) is 5.75 Å². The van der Waals surface area contributed by atoms with Gasteiger partial charge >= 0.3 is 0 Å². The van der Waals surface area contributed by atoms with Gasteiger partial charge in [-0.3, -0.25) is 4.79 Å². The first-order chi connectivity index (χ1) is 11.5. The summed E-state index contributed by atoms with van der Waals surface area (Å²) in [5.74, 6) is -0.465. The van der Waals surface area contributed by atoms with E-state index in [9.17, 15) is 13.2 Å². The number of hydrogen-bond donors (Lipinski definition) is 2. The average molecular weight is 345 g/mol. The minimum atomic E-state index is -3.92. The molecule has 7 nitrogen and oxygen atoms in total. The molecule has 0 spiro atoms. The molecule has 0 aliphatic carbocycles. The molecule has 2 N–H and O–H groups in total. The number of amidine groups is 1. The van der Waals surface area contributed by atoms with E-state index >= 15 is 0 Å². The van der Waals surface area contributed by atoms with Gasteiger partial charge in [0.1, 0.15) is 10.6 Å². The average Bonchev–Trinajstić information content (AvgIpc) is 2.56. The molecule has 3 rings (SSSR count). The number of hydrogen-bond acceptors (Lipinski definition) is 5. The van der Waals surface area contributed by atoms with Crippen LogP contribution in [0.15, 0.2) is 57.8 Å². The van der Waals surface area contributed by atoms with Crippen molar-refractivity contribution in [2.75, 3.05) is 17.2 Å². The number of nitrogens with one attached hydrogen (secondary N) is 2. The molecule has 1 aliphatic heterocycles. The standard InChI is InChI=1S/C16H15N3O4S/c1-2-23-13-9-5-3-7-11(13)18-16(20)15-17-12-8-4-6-10-14(12)24(21,22)19-15/h3-10H,2H2,1H3,(H,17,19)(H,18,20). The number of para-hydroxylation sites is 3. The van der Waals surface area contributed by atoms with Gasteiger partial charge in [-0.05, 0) is 31.2 Å². The van der Waals surface area contributed by atoms with Gasteiger partial charge in [-0.1, -0.05) is 24.3 Å². The lowest BCUT2D eigenvalue weighted by Crippen LogP contribution is -2.33. The number of carbonyl (C=O) groups excluding carboxylic acids is 1. The SMILES string of the molecule is CCOc1ccccc1NC(=O)C1=NS(=O)(=O)c2ccccc2N1. The Kier molecular flexibility index (Phi) is 4.22. The molecule has 24 heavy (non-hydrogen) atoms. The number of anilines is 2. The van der Waals surface area contributed by atoms with E-state index in [2.05, 4.69) is 15.0 Å². The Morgan fingerprint density at radius 1 is 1.17 bits per heavy atom. The van der Waals surface area contributed by atoms with Gasteiger partial charge in [-0.25, -0.2) is 0 Å². The van der Waals surface area contributed by atoms with Crippen LogP contribution in [-0.2, 0) is 14.8 Å². The first-order valence-electron chi connectivity index (χ1n) is 7.25. The van der Waals surface area contributed by atoms with E-state index in [0.717, 1.165) is 0 Å². The fraction of sp³-hybridized carbons (Fsp3) is 0.125. The Hall–Kier alpha value is -2.87. The number of nitrogens with zero attached hydrogens (tertiary/aromatic N) is 1. The molecule has 0 atom stereocenters. The predicted octanol–water partition coefficient (Wildman–Crippen LogP) is 2.24. The highest BCUT2D eigenvalue weighted by Gasteiger charge is 2.28. The monoisotopic (exact) mass is 345 g/mol. The van der Waals surface area contributed by atoms with Crippen LogP contribution in [0.4, 0.5) is 11.4 Å². The highest BCUT2D eigenvalue weighted by atomic mass is 32.2. The lowest BCUT2D eigenvalue weighted by Gasteiger charge is -2.18. The van der Waals surface area contributed by atoms with Crippen LogP contribution in [-0.4, -0.2) is 26.8 Å². The summed E-state index contributed by atoms with van der Waals surface area (Å²) in [5, 5.41) is 5.35. The fourth-order valence-corrected chi connectivity index (χ4v) is 3.36. The second kappa shape index (κ2) is 6.32. The maximum atomic E-state index is 12.4. The molecule has 1 heterocycles. The summed E-state index contributed by atoms with van der Waals surface area (Å²) >= 11 is 0. The maximum Gasteiger partial charge on any atom is 0.292 e. The van der Waals surface area contributed by atoms with Gasteiger partial charge in [-0.15, -0.1) is 4.40 Å². The third-order valence-electron chi connectivity index (χ3n) is 3.28. The quantitative estimate of drug-likeness (QED) is 0.886. The van der Waals surface area contributed by atoms with Crippen molar-refractivity contribution in [3.63, 3.8) is 0 Å². The highest BCUT2D eigenvalue weighted by molar-refractivity contribution is 7.90. The molecular formula is C16H15N3O4S. The first-order valence-corrected chi connectivity index (χ1v) is 8.69.